The summed E-state index contributed by atoms with van der Waals surface area (Å²) in [5.74, 6) is 1.58. The normalized spacial score (nSPS) is 13.9. The molecule has 0 saturated carbocycles. The van der Waals surface area contributed by atoms with Gasteiger partial charge in [0.05, 0.1) is 5.69 Å². The van der Waals surface area contributed by atoms with Gasteiger partial charge in [-0.05, 0) is 34.7 Å². The zero-order valence-corrected chi connectivity index (χ0v) is 16.7. The van der Waals surface area contributed by atoms with Crippen molar-refractivity contribution >= 4 is 11.7 Å². The number of tetrazole rings is 1. The van der Waals surface area contributed by atoms with Crippen molar-refractivity contribution in [3.63, 3.8) is 0 Å². The van der Waals surface area contributed by atoms with Crippen molar-refractivity contribution in [2.75, 3.05) is 31.1 Å². The fourth-order valence-electron chi connectivity index (χ4n) is 3.63. The molecule has 0 spiro atoms. The molecule has 0 aliphatic carbocycles. The second-order valence-electron chi connectivity index (χ2n) is 7.19. The van der Waals surface area contributed by atoms with Crippen molar-refractivity contribution in [2.45, 2.75) is 0 Å². The third kappa shape index (κ3) is 3.97. The Hall–Kier alpha value is -4.14. The molecule has 9 heteroatoms. The van der Waals surface area contributed by atoms with Crippen LogP contribution in [0.25, 0.3) is 17.1 Å². The summed E-state index contributed by atoms with van der Waals surface area (Å²) in [5, 5.41) is 11.2. The number of amides is 1. The number of benzene rings is 2. The number of hydrogen-bond donors (Lipinski definition) is 0. The van der Waals surface area contributed by atoms with Crippen LogP contribution in [0.15, 0.2) is 73.2 Å². The van der Waals surface area contributed by atoms with E-state index < -0.39 is 0 Å². The Morgan fingerprint density at radius 2 is 1.74 bits per heavy atom. The lowest BCUT2D eigenvalue weighted by Gasteiger charge is -2.35. The molecule has 4 aromatic rings. The SMILES string of the molecule is O=C(c1cccc(-n2cnnn2)c1)N1CCN(c2ccnc(-c3ccccc3)n2)CC1. The molecule has 1 aliphatic heterocycles. The molecule has 1 saturated heterocycles. The zero-order valence-electron chi connectivity index (χ0n) is 16.7. The lowest BCUT2D eigenvalue weighted by atomic mass is 10.1. The minimum atomic E-state index is 0.00207. The maximum absolute atomic E-state index is 13.0. The van der Waals surface area contributed by atoms with E-state index in [1.165, 1.54) is 11.0 Å². The summed E-state index contributed by atoms with van der Waals surface area (Å²) in [4.78, 5) is 26.2. The maximum atomic E-state index is 13.0. The van der Waals surface area contributed by atoms with Gasteiger partial charge in [0.2, 0.25) is 0 Å². The average Bonchev–Trinajstić information content (AvgIpc) is 3.40. The van der Waals surface area contributed by atoms with Crippen molar-refractivity contribution in [3.8, 4) is 17.1 Å². The number of nitrogens with zero attached hydrogens (tertiary/aromatic N) is 8. The average molecular weight is 412 g/mol. The quantitative estimate of drug-likeness (QED) is 0.507. The molecule has 9 nitrogen and oxygen atoms in total. The lowest BCUT2D eigenvalue weighted by molar-refractivity contribution is 0.0746. The maximum Gasteiger partial charge on any atom is 0.254 e. The molecule has 154 valence electrons. The summed E-state index contributed by atoms with van der Waals surface area (Å²) >= 11 is 0. The van der Waals surface area contributed by atoms with Gasteiger partial charge in [0.1, 0.15) is 12.1 Å². The Labute approximate surface area is 179 Å². The molecular weight excluding hydrogens is 392 g/mol. The molecule has 1 amide bonds. The Balaban J connectivity index is 1.27. The van der Waals surface area contributed by atoms with Crippen molar-refractivity contribution in [1.29, 1.82) is 0 Å². The third-order valence-electron chi connectivity index (χ3n) is 5.27. The fraction of sp³-hybridized carbons (Fsp3) is 0.182. The van der Waals surface area contributed by atoms with Crippen molar-refractivity contribution < 1.29 is 4.79 Å². The highest BCUT2D eigenvalue weighted by atomic mass is 16.2. The molecule has 3 heterocycles. The molecule has 0 bridgehead atoms. The number of carbonyl (C=O) groups is 1. The standard InChI is InChI=1S/C22H20N8O/c31-22(18-7-4-8-19(15-18)30-16-24-26-27-30)29-13-11-28(12-14-29)20-9-10-23-21(25-20)17-5-2-1-3-6-17/h1-10,15-16H,11-14H2. The Kier molecular flexibility index (Phi) is 5.05. The first-order valence-electron chi connectivity index (χ1n) is 10.0. The van der Waals surface area contributed by atoms with Crippen LogP contribution in [-0.2, 0) is 0 Å². The largest absolute Gasteiger partial charge is 0.353 e. The van der Waals surface area contributed by atoms with Crippen LogP contribution in [0.1, 0.15) is 10.4 Å². The Morgan fingerprint density at radius 1 is 0.903 bits per heavy atom. The number of rotatable bonds is 4. The van der Waals surface area contributed by atoms with Crippen molar-refractivity contribution in [3.05, 3.63) is 78.8 Å². The van der Waals surface area contributed by atoms with Gasteiger partial charge in [0, 0.05) is 43.5 Å². The number of aromatic nitrogens is 6. The molecular formula is C22H20N8O. The highest BCUT2D eigenvalue weighted by molar-refractivity contribution is 5.95. The van der Waals surface area contributed by atoms with Crippen LogP contribution in [0.5, 0.6) is 0 Å². The van der Waals surface area contributed by atoms with E-state index in [0.717, 1.165) is 17.1 Å². The highest BCUT2D eigenvalue weighted by Crippen LogP contribution is 2.20. The monoisotopic (exact) mass is 412 g/mol. The summed E-state index contributed by atoms with van der Waals surface area (Å²) in [5.41, 5.74) is 2.36. The molecule has 0 unspecified atom stereocenters. The molecule has 1 aliphatic rings. The molecule has 2 aromatic heterocycles. The van der Waals surface area contributed by atoms with E-state index >= 15 is 0 Å². The Morgan fingerprint density at radius 3 is 2.52 bits per heavy atom. The summed E-state index contributed by atoms with van der Waals surface area (Å²) in [6.07, 6.45) is 3.29. The molecule has 2 aromatic carbocycles. The van der Waals surface area contributed by atoms with Gasteiger partial charge in [-0.15, -0.1) is 5.10 Å². The molecule has 5 rings (SSSR count). The van der Waals surface area contributed by atoms with Crippen LogP contribution < -0.4 is 4.90 Å². The number of carbonyl (C=O) groups excluding carboxylic acids is 1. The molecule has 0 N–H and O–H groups in total. The summed E-state index contributed by atoms with van der Waals surface area (Å²) in [6.45, 7) is 2.67. The van der Waals surface area contributed by atoms with Gasteiger partial charge in [0.15, 0.2) is 5.82 Å². The second-order valence-corrected chi connectivity index (χ2v) is 7.19. The van der Waals surface area contributed by atoms with Crippen LogP contribution in [-0.4, -0.2) is 67.2 Å². The van der Waals surface area contributed by atoms with Crippen LogP contribution >= 0.6 is 0 Å². The van der Waals surface area contributed by atoms with Gasteiger partial charge in [-0.1, -0.05) is 36.4 Å². The first-order valence-corrected chi connectivity index (χ1v) is 10.0. The molecule has 0 radical (unpaired) electrons. The highest BCUT2D eigenvalue weighted by Gasteiger charge is 2.23. The van der Waals surface area contributed by atoms with Crippen LogP contribution in [0.3, 0.4) is 0 Å². The van der Waals surface area contributed by atoms with E-state index in [1.54, 1.807) is 6.20 Å². The van der Waals surface area contributed by atoms with Crippen LogP contribution in [0, 0.1) is 0 Å². The van der Waals surface area contributed by atoms with E-state index in [2.05, 4.69) is 25.4 Å². The van der Waals surface area contributed by atoms with Gasteiger partial charge in [-0.3, -0.25) is 4.79 Å². The minimum absolute atomic E-state index is 0.00207. The number of anilines is 1. The summed E-state index contributed by atoms with van der Waals surface area (Å²) in [7, 11) is 0. The minimum Gasteiger partial charge on any atom is -0.353 e. The van der Waals surface area contributed by atoms with Gasteiger partial charge in [-0.25, -0.2) is 14.6 Å². The first-order chi connectivity index (χ1) is 15.3. The number of hydrogen-bond acceptors (Lipinski definition) is 7. The van der Waals surface area contributed by atoms with Gasteiger partial charge < -0.3 is 9.80 Å². The van der Waals surface area contributed by atoms with Crippen molar-refractivity contribution in [2.24, 2.45) is 0 Å². The predicted molar refractivity (Wildman–Crippen MR) is 115 cm³/mol. The van der Waals surface area contributed by atoms with E-state index in [9.17, 15) is 4.79 Å². The Bertz CT molecular complexity index is 1170. The van der Waals surface area contributed by atoms with Crippen LogP contribution in [0.4, 0.5) is 5.82 Å². The molecule has 31 heavy (non-hydrogen) atoms. The zero-order chi connectivity index (χ0) is 21.0. The summed E-state index contributed by atoms with van der Waals surface area (Å²) < 4.78 is 1.54. The van der Waals surface area contributed by atoms with E-state index in [-0.39, 0.29) is 5.91 Å². The molecule has 0 atom stereocenters. The fourth-order valence-corrected chi connectivity index (χ4v) is 3.63. The lowest BCUT2D eigenvalue weighted by Crippen LogP contribution is -2.49. The topological polar surface area (TPSA) is 92.9 Å². The van der Waals surface area contributed by atoms with Gasteiger partial charge in [-0.2, -0.15) is 0 Å². The number of piperazine rings is 1. The summed E-state index contributed by atoms with van der Waals surface area (Å²) in [6, 6.07) is 19.2. The van der Waals surface area contributed by atoms with E-state index in [4.69, 9.17) is 4.98 Å². The second kappa shape index (κ2) is 8.31. The van der Waals surface area contributed by atoms with Gasteiger partial charge in [0.25, 0.3) is 5.91 Å². The van der Waals surface area contributed by atoms with E-state index in [0.29, 0.717) is 37.6 Å². The smallest absolute Gasteiger partial charge is 0.254 e. The van der Waals surface area contributed by atoms with Gasteiger partial charge >= 0.3 is 0 Å². The van der Waals surface area contributed by atoms with Crippen molar-refractivity contribution in [1.82, 2.24) is 35.1 Å². The first kappa shape index (κ1) is 18.9. The third-order valence-corrected chi connectivity index (χ3v) is 5.27. The molecule has 1 fully saturated rings. The van der Waals surface area contributed by atoms with E-state index in [1.807, 2.05) is 65.6 Å². The predicted octanol–water partition coefficient (Wildman–Crippen LogP) is 2.08. The van der Waals surface area contributed by atoms with Crippen LogP contribution in [0.2, 0.25) is 0 Å².